The smallest absolute Gasteiger partial charge is 0.305 e. The van der Waals surface area contributed by atoms with E-state index in [9.17, 15) is 33.4 Å². The number of amides is 4. The van der Waals surface area contributed by atoms with Gasteiger partial charge in [-0.25, -0.2) is 0 Å². The third-order valence-electron chi connectivity index (χ3n) is 4.91. The van der Waals surface area contributed by atoms with Crippen LogP contribution in [-0.2, 0) is 35.0 Å². The molecule has 7 N–H and O–H groups in total. The van der Waals surface area contributed by atoms with E-state index in [0.717, 1.165) is 6.92 Å². The predicted octanol–water partition coefficient (Wildman–Crippen LogP) is -0.453. The molecule has 34 heavy (non-hydrogen) atoms. The highest BCUT2D eigenvalue weighted by Gasteiger charge is 2.37. The van der Waals surface area contributed by atoms with Gasteiger partial charge in [-0.05, 0) is 12.5 Å². The number of carbonyl (C=O) groups excluding carboxylic acids is 4. The monoisotopic (exact) mass is 498 g/mol. The number of carboxylic acids is 1. The number of nitrogens with one attached hydrogen (secondary N) is 3. The molecule has 5 unspecified atom stereocenters. The van der Waals surface area contributed by atoms with Gasteiger partial charge in [0.15, 0.2) is 0 Å². The van der Waals surface area contributed by atoms with Crippen LogP contribution < -0.4 is 21.7 Å². The Morgan fingerprint density at radius 2 is 1.59 bits per heavy atom. The minimum atomic E-state index is -4.28. The number of hydrogen-bond donors (Lipinski definition) is 6. The molecule has 4 amide bonds. The van der Waals surface area contributed by atoms with Crippen molar-refractivity contribution in [2.24, 2.45) is 11.7 Å². The number of hydrogen-bond acceptors (Lipinski definition) is 6. The van der Waals surface area contributed by atoms with Crippen molar-refractivity contribution in [2.75, 3.05) is 6.16 Å². The standard InChI is InChI=1S/C21H31N4O8P/c1-12(20(30)23-13(2)19(22)29)11-34(32,33)17(9-15-7-5-4-6-8-15)25-21(31)16(10-18(27)28)24-14(3)26/h4-8,12-13,16-17H,9-11H2,1-3H3,(H2,22,29)(H,23,30)(H,24,26)(H,25,31)(H,27,28)(H,32,33). The van der Waals surface area contributed by atoms with Gasteiger partial charge in [0.1, 0.15) is 17.9 Å². The van der Waals surface area contributed by atoms with E-state index in [2.05, 4.69) is 16.0 Å². The highest BCUT2D eigenvalue weighted by atomic mass is 31.2. The van der Waals surface area contributed by atoms with Gasteiger partial charge in [-0.2, -0.15) is 0 Å². The Hall–Kier alpha value is -3.24. The number of aliphatic carboxylic acids is 1. The molecule has 1 rings (SSSR count). The Morgan fingerprint density at radius 3 is 2.09 bits per heavy atom. The Balaban J connectivity index is 3.13. The van der Waals surface area contributed by atoms with Crippen LogP contribution in [0.15, 0.2) is 30.3 Å². The molecular formula is C21H31N4O8P. The number of carbonyl (C=O) groups is 5. The van der Waals surface area contributed by atoms with Crippen molar-refractivity contribution in [3.05, 3.63) is 35.9 Å². The van der Waals surface area contributed by atoms with Crippen LogP contribution in [0.4, 0.5) is 0 Å². The molecule has 0 aromatic heterocycles. The molecule has 0 bridgehead atoms. The van der Waals surface area contributed by atoms with Crippen LogP contribution >= 0.6 is 7.37 Å². The zero-order valence-electron chi connectivity index (χ0n) is 19.2. The molecule has 0 aliphatic heterocycles. The van der Waals surface area contributed by atoms with E-state index in [4.69, 9.17) is 10.8 Å². The number of nitrogens with two attached hydrogens (primary N) is 1. The Labute approximate surface area is 197 Å². The molecule has 5 atom stereocenters. The van der Waals surface area contributed by atoms with Crippen molar-refractivity contribution in [1.82, 2.24) is 16.0 Å². The maximum absolute atomic E-state index is 13.3. The maximum atomic E-state index is 13.3. The van der Waals surface area contributed by atoms with E-state index in [0.29, 0.717) is 5.56 Å². The second-order valence-corrected chi connectivity index (χ2v) is 10.5. The van der Waals surface area contributed by atoms with Crippen molar-refractivity contribution in [3.63, 3.8) is 0 Å². The third kappa shape index (κ3) is 9.72. The minimum Gasteiger partial charge on any atom is -0.481 e. The first-order valence-corrected chi connectivity index (χ1v) is 12.4. The normalized spacial score (nSPS) is 16.1. The topological polar surface area (TPSA) is 205 Å². The molecule has 1 aromatic rings. The third-order valence-corrected chi connectivity index (χ3v) is 7.27. The SMILES string of the molecule is CC(=O)NC(CC(=O)O)C(=O)NC(Cc1ccccc1)P(=O)(O)CC(C)C(=O)NC(C)C(N)=O. The zero-order valence-corrected chi connectivity index (χ0v) is 20.1. The van der Waals surface area contributed by atoms with Crippen molar-refractivity contribution in [1.29, 1.82) is 0 Å². The second-order valence-electron chi connectivity index (χ2n) is 8.04. The van der Waals surface area contributed by atoms with Crippen molar-refractivity contribution >= 4 is 37.0 Å². The van der Waals surface area contributed by atoms with E-state index in [1.54, 1.807) is 30.3 Å². The Morgan fingerprint density at radius 1 is 1.00 bits per heavy atom. The van der Waals surface area contributed by atoms with Gasteiger partial charge in [0.2, 0.25) is 31.0 Å². The molecule has 13 heteroatoms. The summed E-state index contributed by atoms with van der Waals surface area (Å²) in [6.45, 7) is 3.86. The lowest BCUT2D eigenvalue weighted by molar-refractivity contribution is -0.140. The lowest BCUT2D eigenvalue weighted by Crippen LogP contribution is -2.51. The van der Waals surface area contributed by atoms with Gasteiger partial charge in [-0.15, -0.1) is 0 Å². The van der Waals surface area contributed by atoms with Crippen LogP contribution in [0.1, 0.15) is 32.8 Å². The van der Waals surface area contributed by atoms with Crippen molar-refractivity contribution in [3.8, 4) is 0 Å². The van der Waals surface area contributed by atoms with Gasteiger partial charge in [0.05, 0.1) is 6.42 Å². The van der Waals surface area contributed by atoms with Crippen molar-refractivity contribution < 1.29 is 38.5 Å². The van der Waals surface area contributed by atoms with Crippen LogP contribution in [0.3, 0.4) is 0 Å². The summed E-state index contributed by atoms with van der Waals surface area (Å²) in [6.07, 6.45) is -1.36. The first-order valence-electron chi connectivity index (χ1n) is 10.5. The molecule has 188 valence electrons. The molecule has 0 aliphatic carbocycles. The lowest BCUT2D eigenvalue weighted by Gasteiger charge is -2.28. The summed E-state index contributed by atoms with van der Waals surface area (Å²) >= 11 is 0. The van der Waals surface area contributed by atoms with Gasteiger partial charge in [0, 0.05) is 25.4 Å². The number of rotatable bonds is 13. The average Bonchev–Trinajstić information content (AvgIpc) is 2.72. The van der Waals surface area contributed by atoms with E-state index < -0.39 is 73.3 Å². The van der Waals surface area contributed by atoms with Gasteiger partial charge in [-0.3, -0.25) is 28.5 Å². The molecule has 0 spiro atoms. The van der Waals surface area contributed by atoms with E-state index in [-0.39, 0.29) is 6.42 Å². The van der Waals surface area contributed by atoms with Crippen LogP contribution in [-0.4, -0.2) is 63.6 Å². The van der Waals surface area contributed by atoms with Gasteiger partial charge < -0.3 is 31.7 Å². The number of carboxylic acid groups (broad SMARTS) is 1. The molecule has 0 saturated carbocycles. The lowest BCUT2D eigenvalue weighted by atomic mass is 10.1. The fraction of sp³-hybridized carbons (Fsp3) is 0.476. The molecule has 0 fully saturated rings. The summed E-state index contributed by atoms with van der Waals surface area (Å²) < 4.78 is 13.3. The Kier molecular flexibility index (Phi) is 10.9. The fourth-order valence-corrected chi connectivity index (χ4v) is 5.09. The summed E-state index contributed by atoms with van der Waals surface area (Å²) in [6, 6.07) is 6.03. The summed E-state index contributed by atoms with van der Waals surface area (Å²) in [7, 11) is -4.28. The zero-order chi connectivity index (χ0) is 26.1. The van der Waals surface area contributed by atoms with Gasteiger partial charge in [-0.1, -0.05) is 37.3 Å². The number of benzene rings is 1. The highest BCUT2D eigenvalue weighted by Crippen LogP contribution is 2.48. The van der Waals surface area contributed by atoms with Crippen LogP contribution in [0, 0.1) is 5.92 Å². The quantitative estimate of drug-likeness (QED) is 0.196. The first kappa shape index (κ1) is 28.8. The van der Waals surface area contributed by atoms with Gasteiger partial charge in [0.25, 0.3) is 0 Å². The summed E-state index contributed by atoms with van der Waals surface area (Å²) in [5.74, 6) is -6.80. The van der Waals surface area contributed by atoms with E-state index in [1.165, 1.54) is 13.8 Å². The van der Waals surface area contributed by atoms with Crippen LogP contribution in [0.5, 0.6) is 0 Å². The van der Waals surface area contributed by atoms with Crippen LogP contribution in [0.25, 0.3) is 0 Å². The van der Waals surface area contributed by atoms with E-state index >= 15 is 0 Å². The number of primary amides is 1. The highest BCUT2D eigenvalue weighted by molar-refractivity contribution is 7.58. The molecule has 0 saturated heterocycles. The molecule has 1 aromatic carbocycles. The fourth-order valence-electron chi connectivity index (χ4n) is 3.06. The maximum Gasteiger partial charge on any atom is 0.305 e. The molecular weight excluding hydrogens is 467 g/mol. The molecule has 0 heterocycles. The van der Waals surface area contributed by atoms with Gasteiger partial charge >= 0.3 is 5.97 Å². The minimum absolute atomic E-state index is 0.0910. The second kappa shape index (κ2) is 12.9. The summed E-state index contributed by atoms with van der Waals surface area (Å²) in [4.78, 5) is 69.6. The molecule has 12 nitrogen and oxygen atoms in total. The Bertz CT molecular complexity index is 939. The molecule has 0 radical (unpaired) electrons. The average molecular weight is 498 g/mol. The van der Waals surface area contributed by atoms with Crippen molar-refractivity contribution in [2.45, 2.75) is 51.5 Å². The summed E-state index contributed by atoms with van der Waals surface area (Å²) in [5, 5.41) is 16.0. The van der Waals surface area contributed by atoms with Crippen LogP contribution in [0.2, 0.25) is 0 Å². The first-order chi connectivity index (χ1) is 15.7. The van der Waals surface area contributed by atoms with E-state index in [1.807, 2.05) is 0 Å². The predicted molar refractivity (Wildman–Crippen MR) is 123 cm³/mol. The largest absolute Gasteiger partial charge is 0.481 e. The molecule has 0 aliphatic rings. The summed E-state index contributed by atoms with van der Waals surface area (Å²) in [5.41, 5.74) is 5.73.